The van der Waals surface area contributed by atoms with Crippen molar-refractivity contribution in [1.29, 1.82) is 0 Å². The number of halogens is 2. The molecule has 3 aliphatic rings. The number of aromatic nitrogens is 1. The van der Waals surface area contributed by atoms with Crippen LogP contribution in [0.1, 0.15) is 24.3 Å². The summed E-state index contributed by atoms with van der Waals surface area (Å²) in [5.41, 5.74) is 8.52. The predicted octanol–water partition coefficient (Wildman–Crippen LogP) is 4.25. The molecule has 0 unspecified atom stereocenters. The summed E-state index contributed by atoms with van der Waals surface area (Å²) in [5, 5.41) is 4.46. The van der Waals surface area contributed by atoms with Crippen LogP contribution in [0, 0.1) is 0 Å². The van der Waals surface area contributed by atoms with Crippen LogP contribution in [0.2, 0.25) is 10.0 Å². The molecule has 5 heteroatoms. The van der Waals surface area contributed by atoms with Gasteiger partial charge in [-0.05, 0) is 31.4 Å². The van der Waals surface area contributed by atoms with E-state index in [1.807, 2.05) is 18.2 Å². The molecule has 0 amide bonds. The van der Waals surface area contributed by atoms with Crippen molar-refractivity contribution in [2.75, 3.05) is 0 Å². The molecule has 0 spiro atoms. The minimum absolute atomic E-state index is 0.120. The molecule has 2 bridgehead atoms. The lowest BCUT2D eigenvalue weighted by Gasteiger charge is -2.68. The largest absolute Gasteiger partial charge is 0.325 e. The van der Waals surface area contributed by atoms with Gasteiger partial charge in [0, 0.05) is 21.9 Å². The number of hydrogen-bond acceptors (Lipinski definition) is 3. The molecular weight excluding hydrogens is 299 g/mol. The van der Waals surface area contributed by atoms with E-state index in [1.54, 1.807) is 11.3 Å². The third kappa shape index (κ3) is 1.69. The van der Waals surface area contributed by atoms with Crippen LogP contribution in [0.15, 0.2) is 23.6 Å². The molecule has 2 nitrogen and oxygen atoms in total. The third-order valence-electron chi connectivity index (χ3n) is 4.24. The molecule has 0 atom stereocenters. The minimum Gasteiger partial charge on any atom is -0.325 e. The van der Waals surface area contributed by atoms with E-state index >= 15 is 0 Å². The Morgan fingerprint density at radius 2 is 1.89 bits per heavy atom. The lowest BCUT2D eigenvalue weighted by Crippen LogP contribution is -2.74. The number of hydrogen-bond donors (Lipinski definition) is 1. The molecule has 2 aromatic rings. The summed E-state index contributed by atoms with van der Waals surface area (Å²) in [5.74, 6) is 0. The standard InChI is InChI=1S/C14H12Cl2N2S/c15-9-2-1-8(3-10(9)16)11-4-19-12(18-11)13-5-14(17,6-13)7-13/h1-4H,5-7,17H2. The van der Waals surface area contributed by atoms with Crippen molar-refractivity contribution in [2.24, 2.45) is 5.73 Å². The molecule has 3 aliphatic carbocycles. The van der Waals surface area contributed by atoms with Gasteiger partial charge in [-0.1, -0.05) is 29.3 Å². The van der Waals surface area contributed by atoms with E-state index in [2.05, 4.69) is 5.38 Å². The van der Waals surface area contributed by atoms with Crippen molar-refractivity contribution in [3.8, 4) is 11.3 Å². The Hall–Kier alpha value is -0.610. The summed E-state index contributed by atoms with van der Waals surface area (Å²) in [6.45, 7) is 0. The molecule has 2 N–H and O–H groups in total. The Kier molecular flexibility index (Phi) is 2.39. The van der Waals surface area contributed by atoms with Crippen molar-refractivity contribution in [3.05, 3.63) is 38.6 Å². The van der Waals surface area contributed by atoms with Crippen LogP contribution in [-0.4, -0.2) is 10.5 Å². The van der Waals surface area contributed by atoms with Crippen LogP contribution in [-0.2, 0) is 5.41 Å². The SMILES string of the molecule is NC12CC(c3nc(-c4ccc(Cl)c(Cl)c4)cs3)(C1)C2. The molecule has 1 heterocycles. The van der Waals surface area contributed by atoms with E-state index in [1.165, 1.54) is 5.01 Å². The van der Waals surface area contributed by atoms with E-state index in [9.17, 15) is 0 Å². The second-order valence-corrected chi connectivity index (χ2v) is 7.51. The van der Waals surface area contributed by atoms with E-state index in [0.717, 1.165) is 30.5 Å². The smallest absolute Gasteiger partial charge is 0.0996 e. The van der Waals surface area contributed by atoms with Gasteiger partial charge in [0.05, 0.1) is 20.7 Å². The summed E-state index contributed by atoms with van der Waals surface area (Å²) < 4.78 is 0. The molecule has 3 fully saturated rings. The van der Waals surface area contributed by atoms with Gasteiger partial charge in [-0.15, -0.1) is 11.3 Å². The van der Waals surface area contributed by atoms with Crippen LogP contribution in [0.4, 0.5) is 0 Å². The van der Waals surface area contributed by atoms with Crippen LogP contribution in [0.3, 0.4) is 0 Å². The maximum atomic E-state index is 6.11. The molecule has 0 aliphatic heterocycles. The van der Waals surface area contributed by atoms with Gasteiger partial charge < -0.3 is 5.73 Å². The Labute approximate surface area is 125 Å². The maximum absolute atomic E-state index is 6.11. The number of benzene rings is 1. The first-order valence-electron chi connectivity index (χ1n) is 6.20. The molecule has 3 saturated carbocycles. The van der Waals surface area contributed by atoms with Crippen LogP contribution in [0.5, 0.6) is 0 Å². The highest BCUT2D eigenvalue weighted by atomic mass is 35.5. The van der Waals surface area contributed by atoms with Crippen molar-refractivity contribution in [2.45, 2.75) is 30.2 Å². The average molecular weight is 311 g/mol. The zero-order valence-corrected chi connectivity index (χ0v) is 12.4. The highest BCUT2D eigenvalue weighted by Crippen LogP contribution is 2.66. The Morgan fingerprint density at radius 3 is 2.53 bits per heavy atom. The molecule has 5 rings (SSSR count). The predicted molar refractivity (Wildman–Crippen MR) is 80.0 cm³/mol. The van der Waals surface area contributed by atoms with Crippen LogP contribution in [0.25, 0.3) is 11.3 Å². The molecular formula is C14H12Cl2N2S. The van der Waals surface area contributed by atoms with Crippen molar-refractivity contribution in [1.82, 2.24) is 4.98 Å². The zero-order chi connectivity index (χ0) is 13.3. The van der Waals surface area contributed by atoms with Gasteiger partial charge in [-0.25, -0.2) is 4.98 Å². The highest BCUT2D eigenvalue weighted by molar-refractivity contribution is 7.10. The summed E-state index contributed by atoms with van der Waals surface area (Å²) >= 11 is 13.7. The van der Waals surface area contributed by atoms with Crippen LogP contribution < -0.4 is 5.73 Å². The molecule has 0 radical (unpaired) electrons. The quantitative estimate of drug-likeness (QED) is 0.900. The van der Waals surface area contributed by atoms with Crippen molar-refractivity contribution in [3.63, 3.8) is 0 Å². The van der Waals surface area contributed by atoms with E-state index in [4.69, 9.17) is 33.9 Å². The monoisotopic (exact) mass is 310 g/mol. The van der Waals surface area contributed by atoms with Gasteiger partial charge in [-0.3, -0.25) is 0 Å². The van der Waals surface area contributed by atoms with Gasteiger partial charge in [0.15, 0.2) is 0 Å². The van der Waals surface area contributed by atoms with Gasteiger partial charge in [-0.2, -0.15) is 0 Å². The van der Waals surface area contributed by atoms with Crippen molar-refractivity contribution < 1.29 is 0 Å². The molecule has 19 heavy (non-hydrogen) atoms. The van der Waals surface area contributed by atoms with Gasteiger partial charge in [0.1, 0.15) is 0 Å². The van der Waals surface area contributed by atoms with E-state index in [-0.39, 0.29) is 11.0 Å². The highest BCUT2D eigenvalue weighted by Gasteiger charge is 2.67. The second kappa shape index (κ2) is 3.73. The minimum atomic E-state index is 0.120. The Bertz CT molecular complexity index is 660. The maximum Gasteiger partial charge on any atom is 0.0996 e. The average Bonchev–Trinajstić information content (AvgIpc) is 2.77. The number of nitrogens with two attached hydrogens (primary N) is 1. The lowest BCUT2D eigenvalue weighted by molar-refractivity contribution is -0.0590. The summed E-state index contributed by atoms with van der Waals surface area (Å²) in [6.07, 6.45) is 3.27. The Balaban J connectivity index is 1.66. The first-order chi connectivity index (χ1) is 9.00. The van der Waals surface area contributed by atoms with Crippen LogP contribution >= 0.6 is 34.5 Å². The summed E-state index contributed by atoms with van der Waals surface area (Å²) in [4.78, 5) is 4.78. The lowest BCUT2D eigenvalue weighted by atomic mass is 9.40. The van der Waals surface area contributed by atoms with Gasteiger partial charge in [0.2, 0.25) is 0 Å². The fraction of sp³-hybridized carbons (Fsp3) is 0.357. The number of thiazole rings is 1. The molecule has 98 valence electrons. The van der Waals surface area contributed by atoms with Gasteiger partial charge >= 0.3 is 0 Å². The normalized spacial score (nSPS) is 31.7. The zero-order valence-electron chi connectivity index (χ0n) is 10.1. The number of rotatable bonds is 2. The van der Waals surface area contributed by atoms with Crippen molar-refractivity contribution >= 4 is 34.5 Å². The molecule has 1 aromatic carbocycles. The first-order valence-corrected chi connectivity index (χ1v) is 7.84. The Morgan fingerprint density at radius 1 is 1.16 bits per heavy atom. The fourth-order valence-electron chi connectivity index (χ4n) is 3.40. The number of nitrogens with zero attached hydrogens (tertiary/aromatic N) is 1. The summed E-state index contributed by atoms with van der Waals surface area (Å²) in [7, 11) is 0. The summed E-state index contributed by atoms with van der Waals surface area (Å²) in [6, 6.07) is 5.64. The third-order valence-corrected chi connectivity index (χ3v) is 6.07. The fourth-order valence-corrected chi connectivity index (χ4v) is 4.73. The molecule has 1 aromatic heterocycles. The second-order valence-electron chi connectivity index (χ2n) is 5.84. The van der Waals surface area contributed by atoms with E-state index in [0.29, 0.717) is 10.0 Å². The first kappa shape index (κ1) is 12.2. The topological polar surface area (TPSA) is 38.9 Å². The van der Waals surface area contributed by atoms with E-state index < -0.39 is 0 Å². The molecule has 0 saturated heterocycles. The van der Waals surface area contributed by atoms with Gasteiger partial charge in [0.25, 0.3) is 0 Å².